The highest BCUT2D eigenvalue weighted by atomic mass is 16.3. The van der Waals surface area contributed by atoms with Gasteiger partial charge in [-0.2, -0.15) is 0 Å². The number of hydrogen-bond donors (Lipinski definition) is 2. The fourth-order valence-electron chi connectivity index (χ4n) is 7.85. The van der Waals surface area contributed by atoms with Crippen molar-refractivity contribution in [1.82, 2.24) is 0 Å². The minimum Gasteiger partial charge on any atom is -0.393 e. The number of fused-ring (bicyclic) bond motifs is 5. The maximum Gasteiger partial charge on any atom is 0.136 e. The van der Waals surface area contributed by atoms with Gasteiger partial charge in [-0.1, -0.05) is 13.8 Å². The minimum atomic E-state index is -0.275. The van der Waals surface area contributed by atoms with Gasteiger partial charge < -0.3 is 10.2 Å². The summed E-state index contributed by atoms with van der Waals surface area (Å²) in [4.78, 5) is 13.0. The van der Waals surface area contributed by atoms with E-state index in [1.165, 1.54) is 19.3 Å². The molecule has 0 aromatic carbocycles. The Hall–Kier alpha value is -0.410. The molecule has 24 heavy (non-hydrogen) atoms. The Morgan fingerprint density at radius 3 is 2.42 bits per heavy atom. The predicted molar refractivity (Wildman–Crippen MR) is 93.3 cm³/mol. The molecule has 0 saturated heterocycles. The van der Waals surface area contributed by atoms with E-state index in [0.29, 0.717) is 35.9 Å². The van der Waals surface area contributed by atoms with Crippen molar-refractivity contribution in [2.24, 2.45) is 40.4 Å². The smallest absolute Gasteiger partial charge is 0.136 e. The lowest BCUT2D eigenvalue weighted by Gasteiger charge is -2.60. The van der Waals surface area contributed by atoms with E-state index in [1.807, 2.05) is 6.92 Å². The zero-order valence-corrected chi connectivity index (χ0v) is 15.5. The van der Waals surface area contributed by atoms with Gasteiger partial charge in [0.05, 0.1) is 12.2 Å². The highest BCUT2D eigenvalue weighted by Gasteiger charge is 2.62. The minimum absolute atomic E-state index is 0.0841. The molecule has 3 nitrogen and oxygen atoms in total. The standard InChI is InChI=1S/C21H34O3/c1-12(22)15-4-5-16-14-11-19(24)18-10-13(23)6-8-21(18,3)17(14)7-9-20(15,16)2/h12-18,22-23H,4-11H2,1-3H3/t12-,13-,14+,15+,16-,17+,18+,20+,21-/m0/s1. The molecule has 2 N–H and O–H groups in total. The highest BCUT2D eigenvalue weighted by molar-refractivity contribution is 5.83. The summed E-state index contributed by atoms with van der Waals surface area (Å²) in [5.41, 5.74) is 0.316. The Bertz CT molecular complexity index is 529. The van der Waals surface area contributed by atoms with Crippen LogP contribution in [0, 0.1) is 40.4 Å². The van der Waals surface area contributed by atoms with Crippen LogP contribution in [0.2, 0.25) is 0 Å². The fourth-order valence-corrected chi connectivity index (χ4v) is 7.85. The average Bonchev–Trinajstić information content (AvgIpc) is 2.87. The van der Waals surface area contributed by atoms with Crippen molar-refractivity contribution in [1.29, 1.82) is 0 Å². The largest absolute Gasteiger partial charge is 0.393 e. The van der Waals surface area contributed by atoms with Crippen LogP contribution in [0.1, 0.15) is 72.1 Å². The van der Waals surface area contributed by atoms with Crippen LogP contribution in [0.5, 0.6) is 0 Å². The quantitative estimate of drug-likeness (QED) is 0.771. The lowest BCUT2D eigenvalue weighted by atomic mass is 9.44. The Labute approximate surface area is 146 Å². The van der Waals surface area contributed by atoms with E-state index < -0.39 is 0 Å². The van der Waals surface area contributed by atoms with Gasteiger partial charge in [-0.25, -0.2) is 0 Å². The Morgan fingerprint density at radius 2 is 1.71 bits per heavy atom. The van der Waals surface area contributed by atoms with Crippen molar-refractivity contribution in [3.05, 3.63) is 0 Å². The Balaban J connectivity index is 1.66. The third-order valence-corrected chi connectivity index (χ3v) is 9.09. The number of hydrogen-bond acceptors (Lipinski definition) is 3. The number of aliphatic hydroxyl groups excluding tert-OH is 2. The number of Topliss-reactive ketones (excluding diaryl/α,β-unsaturated/α-hetero) is 1. The molecule has 0 heterocycles. The van der Waals surface area contributed by atoms with E-state index in [1.54, 1.807) is 0 Å². The molecule has 3 heteroatoms. The SMILES string of the molecule is C[C@H](O)[C@H]1CC[C@H]2[C@H]3CC(=O)[C@H]4C[C@@H](O)CC[C@@]4(C)[C@@H]3CC[C@]12C. The van der Waals surface area contributed by atoms with Crippen LogP contribution in [0.4, 0.5) is 0 Å². The van der Waals surface area contributed by atoms with Crippen LogP contribution in [0.25, 0.3) is 0 Å². The molecule has 4 fully saturated rings. The van der Waals surface area contributed by atoms with E-state index in [0.717, 1.165) is 25.7 Å². The third kappa shape index (κ3) is 2.19. The van der Waals surface area contributed by atoms with E-state index in [9.17, 15) is 15.0 Å². The van der Waals surface area contributed by atoms with E-state index in [2.05, 4.69) is 13.8 Å². The second-order valence-electron chi connectivity index (χ2n) is 10.0. The lowest BCUT2D eigenvalue weighted by Crippen LogP contribution is -2.57. The van der Waals surface area contributed by atoms with Gasteiger partial charge in [0.1, 0.15) is 5.78 Å². The summed E-state index contributed by atoms with van der Waals surface area (Å²) < 4.78 is 0. The number of carbonyl (C=O) groups excluding carboxylic acids is 1. The lowest BCUT2D eigenvalue weighted by molar-refractivity contribution is -0.160. The van der Waals surface area contributed by atoms with Crippen LogP contribution in [-0.4, -0.2) is 28.2 Å². The Morgan fingerprint density at radius 1 is 1.04 bits per heavy atom. The summed E-state index contributed by atoms with van der Waals surface area (Å²) in [6.07, 6.45) is 7.49. The van der Waals surface area contributed by atoms with Crippen LogP contribution < -0.4 is 0 Å². The van der Waals surface area contributed by atoms with Crippen LogP contribution >= 0.6 is 0 Å². The van der Waals surface area contributed by atoms with Gasteiger partial charge in [0, 0.05) is 12.3 Å². The van der Waals surface area contributed by atoms with Crippen LogP contribution in [-0.2, 0) is 4.79 Å². The number of carbonyl (C=O) groups is 1. The molecular weight excluding hydrogens is 300 g/mol. The van der Waals surface area contributed by atoms with Gasteiger partial charge >= 0.3 is 0 Å². The highest BCUT2D eigenvalue weighted by Crippen LogP contribution is 2.67. The molecule has 0 aromatic rings. The molecule has 4 rings (SSSR count). The Kier molecular flexibility index (Phi) is 3.93. The second-order valence-corrected chi connectivity index (χ2v) is 10.0. The molecule has 0 spiro atoms. The van der Waals surface area contributed by atoms with Crippen molar-refractivity contribution in [3.8, 4) is 0 Å². The molecule has 9 atom stereocenters. The first-order valence-corrected chi connectivity index (χ1v) is 10.2. The van der Waals surface area contributed by atoms with Gasteiger partial charge in [-0.15, -0.1) is 0 Å². The molecule has 0 aromatic heterocycles. The third-order valence-electron chi connectivity index (χ3n) is 9.09. The topological polar surface area (TPSA) is 57.5 Å². The predicted octanol–water partition coefficient (Wildman–Crippen LogP) is 3.57. The van der Waals surface area contributed by atoms with Crippen LogP contribution in [0.3, 0.4) is 0 Å². The summed E-state index contributed by atoms with van der Waals surface area (Å²) in [5.74, 6) is 2.65. The summed E-state index contributed by atoms with van der Waals surface area (Å²) >= 11 is 0. The second kappa shape index (κ2) is 5.54. The first-order valence-electron chi connectivity index (χ1n) is 10.2. The van der Waals surface area contributed by atoms with E-state index >= 15 is 0 Å². The van der Waals surface area contributed by atoms with Crippen molar-refractivity contribution in [2.45, 2.75) is 84.3 Å². The monoisotopic (exact) mass is 334 g/mol. The fraction of sp³-hybridized carbons (Fsp3) is 0.952. The molecule has 4 aliphatic carbocycles. The normalized spacial score (nSPS) is 55.5. The number of rotatable bonds is 1. The molecule has 0 unspecified atom stereocenters. The van der Waals surface area contributed by atoms with Crippen molar-refractivity contribution >= 4 is 5.78 Å². The van der Waals surface area contributed by atoms with E-state index in [4.69, 9.17) is 0 Å². The van der Waals surface area contributed by atoms with Crippen molar-refractivity contribution in [2.75, 3.05) is 0 Å². The van der Waals surface area contributed by atoms with Crippen molar-refractivity contribution in [3.63, 3.8) is 0 Å². The first kappa shape index (κ1) is 17.0. The molecule has 0 radical (unpaired) electrons. The molecule has 0 aliphatic heterocycles. The molecule has 136 valence electrons. The van der Waals surface area contributed by atoms with Gasteiger partial charge in [0.15, 0.2) is 0 Å². The van der Waals surface area contributed by atoms with E-state index in [-0.39, 0.29) is 29.0 Å². The molecule has 4 aliphatic rings. The average molecular weight is 335 g/mol. The van der Waals surface area contributed by atoms with Gasteiger partial charge in [-0.3, -0.25) is 4.79 Å². The number of ketones is 1. The van der Waals surface area contributed by atoms with Gasteiger partial charge in [0.2, 0.25) is 0 Å². The summed E-state index contributed by atoms with van der Waals surface area (Å²) in [5, 5.41) is 20.4. The molecular formula is C21H34O3. The molecule has 0 bridgehead atoms. The summed E-state index contributed by atoms with van der Waals surface area (Å²) in [7, 11) is 0. The number of aliphatic hydroxyl groups is 2. The molecule has 0 amide bonds. The first-order chi connectivity index (χ1) is 11.3. The summed E-state index contributed by atoms with van der Waals surface area (Å²) in [6.45, 7) is 6.69. The van der Waals surface area contributed by atoms with Crippen molar-refractivity contribution < 1.29 is 15.0 Å². The zero-order chi connectivity index (χ0) is 17.3. The maximum absolute atomic E-state index is 13.0. The van der Waals surface area contributed by atoms with Crippen LogP contribution in [0.15, 0.2) is 0 Å². The van der Waals surface area contributed by atoms with Gasteiger partial charge in [-0.05, 0) is 86.4 Å². The van der Waals surface area contributed by atoms with Gasteiger partial charge in [0.25, 0.3) is 0 Å². The molecule has 4 saturated carbocycles. The summed E-state index contributed by atoms with van der Waals surface area (Å²) in [6, 6.07) is 0. The zero-order valence-electron chi connectivity index (χ0n) is 15.5. The maximum atomic E-state index is 13.0.